The van der Waals surface area contributed by atoms with Crippen LogP contribution < -0.4 is 5.32 Å². The lowest BCUT2D eigenvalue weighted by Crippen LogP contribution is -2.44. The third-order valence-corrected chi connectivity index (χ3v) is 3.74. The summed E-state index contributed by atoms with van der Waals surface area (Å²) in [6.45, 7) is 9.47. The normalized spacial score (nSPS) is 14.4. The van der Waals surface area contributed by atoms with E-state index in [2.05, 4.69) is 61.4 Å². The minimum atomic E-state index is 0.138. The Labute approximate surface area is 124 Å². The molecule has 0 spiro atoms. The summed E-state index contributed by atoms with van der Waals surface area (Å²) < 4.78 is 5.13. The minimum Gasteiger partial charge on any atom is -0.385 e. The highest BCUT2D eigenvalue weighted by atomic mass is 16.5. The van der Waals surface area contributed by atoms with E-state index in [4.69, 9.17) is 4.74 Å². The van der Waals surface area contributed by atoms with Gasteiger partial charge in [0.2, 0.25) is 0 Å². The number of benzene rings is 1. The van der Waals surface area contributed by atoms with E-state index in [9.17, 15) is 0 Å². The van der Waals surface area contributed by atoms with Crippen molar-refractivity contribution in [3.63, 3.8) is 0 Å². The highest BCUT2D eigenvalue weighted by molar-refractivity contribution is 5.25. The van der Waals surface area contributed by atoms with Crippen LogP contribution in [0.4, 0.5) is 0 Å². The van der Waals surface area contributed by atoms with E-state index in [-0.39, 0.29) is 5.41 Å². The Balaban J connectivity index is 2.68. The highest BCUT2D eigenvalue weighted by Crippen LogP contribution is 2.24. The average Bonchev–Trinajstić information content (AvgIpc) is 2.46. The van der Waals surface area contributed by atoms with Gasteiger partial charge in [-0.2, -0.15) is 0 Å². The molecule has 1 N–H and O–H groups in total. The number of nitrogens with one attached hydrogen (secondary N) is 1. The Hall–Kier alpha value is -0.900. The van der Waals surface area contributed by atoms with Crippen LogP contribution in [0.3, 0.4) is 0 Å². The molecule has 1 atom stereocenters. The van der Waals surface area contributed by atoms with Crippen molar-refractivity contribution in [3.8, 4) is 0 Å². The molecule has 0 saturated heterocycles. The second-order valence-electron chi connectivity index (χ2n) is 5.79. The molecule has 1 unspecified atom stereocenters. The Bertz CT molecular complexity index is 355. The van der Waals surface area contributed by atoms with E-state index < -0.39 is 0 Å². The fraction of sp³-hybridized carbons (Fsp3) is 0.647. The molecule has 3 heteroatoms. The Kier molecular flexibility index (Phi) is 7.82. The van der Waals surface area contributed by atoms with Crippen LogP contribution in [-0.4, -0.2) is 51.8 Å². The molecule has 0 aromatic heterocycles. The summed E-state index contributed by atoms with van der Waals surface area (Å²) in [5.41, 5.74) is 1.54. The van der Waals surface area contributed by atoms with Gasteiger partial charge in [-0.05, 0) is 25.6 Å². The van der Waals surface area contributed by atoms with Gasteiger partial charge in [-0.1, -0.05) is 44.2 Å². The van der Waals surface area contributed by atoms with E-state index in [1.165, 1.54) is 5.56 Å². The maximum atomic E-state index is 5.13. The summed E-state index contributed by atoms with van der Waals surface area (Å²) in [6.07, 6.45) is 1.08. The van der Waals surface area contributed by atoms with Gasteiger partial charge in [-0.3, -0.25) is 0 Å². The Morgan fingerprint density at radius 3 is 2.55 bits per heavy atom. The first-order valence-electron chi connectivity index (χ1n) is 7.56. The van der Waals surface area contributed by atoms with Gasteiger partial charge in [0.15, 0.2) is 0 Å². The molecule has 20 heavy (non-hydrogen) atoms. The molecule has 0 fully saturated rings. The topological polar surface area (TPSA) is 24.5 Å². The lowest BCUT2D eigenvalue weighted by Gasteiger charge is -2.35. The molecule has 114 valence electrons. The van der Waals surface area contributed by atoms with E-state index in [0.29, 0.717) is 0 Å². The lowest BCUT2D eigenvalue weighted by atomic mass is 9.81. The van der Waals surface area contributed by atoms with Crippen molar-refractivity contribution in [2.24, 2.45) is 0 Å². The second-order valence-corrected chi connectivity index (χ2v) is 5.79. The largest absolute Gasteiger partial charge is 0.385 e. The Morgan fingerprint density at radius 1 is 1.25 bits per heavy atom. The average molecular weight is 278 g/mol. The van der Waals surface area contributed by atoms with Crippen molar-refractivity contribution in [1.29, 1.82) is 0 Å². The van der Waals surface area contributed by atoms with Gasteiger partial charge in [-0.15, -0.1) is 0 Å². The molecule has 0 aliphatic carbocycles. The molecule has 3 nitrogen and oxygen atoms in total. The predicted molar refractivity (Wildman–Crippen MR) is 86.3 cm³/mol. The van der Waals surface area contributed by atoms with Crippen LogP contribution >= 0.6 is 0 Å². The predicted octanol–water partition coefficient (Wildman–Crippen LogP) is 2.52. The minimum absolute atomic E-state index is 0.138. The molecule has 0 bridgehead atoms. The molecule has 0 aliphatic heterocycles. The molecule has 0 aliphatic rings. The monoisotopic (exact) mass is 278 g/mol. The zero-order valence-electron chi connectivity index (χ0n) is 13.5. The fourth-order valence-electron chi connectivity index (χ4n) is 2.64. The third-order valence-electron chi connectivity index (χ3n) is 3.74. The van der Waals surface area contributed by atoms with Crippen molar-refractivity contribution in [2.75, 3.05) is 46.9 Å². The summed E-state index contributed by atoms with van der Waals surface area (Å²) in [5, 5.41) is 3.51. The highest BCUT2D eigenvalue weighted by Gasteiger charge is 2.27. The van der Waals surface area contributed by atoms with Crippen molar-refractivity contribution >= 4 is 0 Å². The number of hydrogen-bond acceptors (Lipinski definition) is 3. The molecule has 0 saturated carbocycles. The van der Waals surface area contributed by atoms with Crippen LogP contribution in [-0.2, 0) is 10.2 Å². The van der Waals surface area contributed by atoms with Crippen molar-refractivity contribution in [1.82, 2.24) is 10.2 Å². The van der Waals surface area contributed by atoms with Gasteiger partial charge in [0.1, 0.15) is 0 Å². The fourth-order valence-corrected chi connectivity index (χ4v) is 2.64. The zero-order chi connectivity index (χ0) is 14.8. The molecule has 0 amide bonds. The van der Waals surface area contributed by atoms with Gasteiger partial charge in [0.05, 0.1) is 0 Å². The first-order valence-corrected chi connectivity index (χ1v) is 7.56. The summed E-state index contributed by atoms with van der Waals surface area (Å²) >= 11 is 0. The van der Waals surface area contributed by atoms with Gasteiger partial charge in [0.25, 0.3) is 0 Å². The first-order chi connectivity index (χ1) is 9.62. The lowest BCUT2D eigenvalue weighted by molar-refractivity contribution is 0.170. The van der Waals surface area contributed by atoms with Gasteiger partial charge >= 0.3 is 0 Å². The van der Waals surface area contributed by atoms with Crippen molar-refractivity contribution in [2.45, 2.75) is 25.7 Å². The molecule has 1 rings (SSSR count). The van der Waals surface area contributed by atoms with Crippen molar-refractivity contribution in [3.05, 3.63) is 35.9 Å². The Morgan fingerprint density at radius 2 is 1.95 bits per heavy atom. The summed E-state index contributed by atoms with van der Waals surface area (Å²) in [4.78, 5) is 2.41. The van der Waals surface area contributed by atoms with Gasteiger partial charge in [-0.25, -0.2) is 0 Å². The maximum Gasteiger partial charge on any atom is 0.0474 e. The smallest absolute Gasteiger partial charge is 0.0474 e. The molecule has 1 aromatic rings. The summed E-state index contributed by atoms with van der Waals surface area (Å²) in [7, 11) is 3.96. The number of likely N-dealkylation sites (N-methyl/N-ethyl adjacent to an activating group) is 2. The summed E-state index contributed by atoms with van der Waals surface area (Å²) in [5.74, 6) is 0. The number of nitrogens with zero attached hydrogens (tertiary/aromatic N) is 1. The van der Waals surface area contributed by atoms with E-state index in [0.717, 1.165) is 39.2 Å². The van der Waals surface area contributed by atoms with Crippen LogP contribution in [0.5, 0.6) is 0 Å². The number of rotatable bonds is 10. The number of methoxy groups -OCH3 is 1. The number of hydrogen-bond donors (Lipinski definition) is 1. The molecule has 0 heterocycles. The van der Waals surface area contributed by atoms with Crippen molar-refractivity contribution < 1.29 is 4.74 Å². The quantitative estimate of drug-likeness (QED) is 0.666. The SMILES string of the molecule is CCNCC(C)(CN(C)CCCOC)c1ccccc1. The van der Waals surface area contributed by atoms with Crippen LogP contribution in [0, 0.1) is 0 Å². The van der Waals surface area contributed by atoms with E-state index in [1.807, 2.05) is 0 Å². The zero-order valence-corrected chi connectivity index (χ0v) is 13.5. The van der Waals surface area contributed by atoms with E-state index >= 15 is 0 Å². The second kappa shape index (κ2) is 9.11. The van der Waals surface area contributed by atoms with Crippen LogP contribution in [0.25, 0.3) is 0 Å². The maximum absolute atomic E-state index is 5.13. The first kappa shape index (κ1) is 17.2. The molecule has 1 aromatic carbocycles. The third kappa shape index (κ3) is 5.61. The molecule has 0 radical (unpaired) electrons. The van der Waals surface area contributed by atoms with Crippen LogP contribution in [0.15, 0.2) is 30.3 Å². The molecular weight excluding hydrogens is 248 g/mol. The molecular formula is C17H30N2O. The summed E-state index contributed by atoms with van der Waals surface area (Å²) in [6, 6.07) is 10.8. The van der Waals surface area contributed by atoms with Crippen LogP contribution in [0.2, 0.25) is 0 Å². The van der Waals surface area contributed by atoms with Gasteiger partial charge < -0.3 is 15.0 Å². The standard InChI is InChI=1S/C17H30N2O/c1-5-18-14-17(2,16-10-7-6-8-11-16)15-19(3)12-9-13-20-4/h6-8,10-11,18H,5,9,12-15H2,1-4H3. The van der Waals surface area contributed by atoms with Crippen LogP contribution in [0.1, 0.15) is 25.8 Å². The van der Waals surface area contributed by atoms with Gasteiger partial charge in [0, 0.05) is 38.8 Å². The number of ether oxygens (including phenoxy) is 1. The van der Waals surface area contributed by atoms with E-state index in [1.54, 1.807) is 7.11 Å².